The van der Waals surface area contributed by atoms with Crippen LogP contribution in [0.25, 0.3) is 11.0 Å². The Balaban J connectivity index is 2.61. The molecule has 15 heavy (non-hydrogen) atoms. The van der Waals surface area contributed by atoms with Gasteiger partial charge in [-0.1, -0.05) is 41.6 Å². The van der Waals surface area contributed by atoms with Gasteiger partial charge in [-0.25, -0.2) is 9.55 Å². The number of H-pyrrole nitrogens is 1. The molecule has 0 unspecified atom stereocenters. The summed E-state index contributed by atoms with van der Waals surface area (Å²) in [4.78, 5) is 3.42. The summed E-state index contributed by atoms with van der Waals surface area (Å²) >= 11 is 3.42. The minimum atomic E-state index is 0.813. The molecule has 0 aliphatic rings. The number of allylic oxidation sites excluding steroid dienone is 1. The third kappa shape index (κ3) is 1.97. The van der Waals surface area contributed by atoms with Gasteiger partial charge in [-0.2, -0.15) is 0 Å². The van der Waals surface area contributed by atoms with Crippen LogP contribution in [0.2, 0.25) is 0 Å². The van der Waals surface area contributed by atoms with Crippen molar-refractivity contribution < 1.29 is 4.57 Å². The smallest absolute Gasteiger partial charge is 0.241 e. The first-order valence-electron chi connectivity index (χ1n) is 5.05. The number of halogens is 1. The lowest BCUT2D eigenvalue weighted by molar-refractivity contribution is -0.669. The van der Waals surface area contributed by atoms with Crippen LogP contribution in [0, 0.1) is 0 Å². The van der Waals surface area contributed by atoms with E-state index in [4.69, 9.17) is 0 Å². The molecular weight excluding hydrogens is 252 g/mol. The highest BCUT2D eigenvalue weighted by Gasteiger charge is 2.15. The van der Waals surface area contributed by atoms with Crippen molar-refractivity contribution in [2.75, 3.05) is 0 Å². The molecule has 0 aliphatic heterocycles. The van der Waals surface area contributed by atoms with Gasteiger partial charge in [-0.15, -0.1) is 0 Å². The summed E-state index contributed by atoms with van der Waals surface area (Å²) in [5.74, 6) is 1.23. The molecule has 0 bridgehead atoms. The van der Waals surface area contributed by atoms with Gasteiger partial charge in [0.1, 0.15) is 6.54 Å². The normalized spacial score (nSPS) is 10.8. The van der Waals surface area contributed by atoms with Crippen LogP contribution in [0.1, 0.15) is 12.7 Å². The van der Waals surface area contributed by atoms with Crippen LogP contribution >= 0.6 is 15.9 Å². The number of aromatic nitrogens is 2. The maximum absolute atomic E-state index is 3.89. The zero-order valence-electron chi connectivity index (χ0n) is 8.76. The molecular formula is C12H14BrN2+. The average molecular weight is 266 g/mol. The maximum atomic E-state index is 3.89. The van der Waals surface area contributed by atoms with E-state index < -0.39 is 0 Å². The summed E-state index contributed by atoms with van der Waals surface area (Å²) in [6.07, 6.45) is 0.995. The summed E-state index contributed by atoms with van der Waals surface area (Å²) in [7, 11) is 0. The van der Waals surface area contributed by atoms with E-state index in [0.29, 0.717) is 0 Å². The number of aryl methyl sites for hydroxylation is 1. The van der Waals surface area contributed by atoms with Gasteiger partial charge in [0.2, 0.25) is 0 Å². The third-order valence-corrected chi connectivity index (χ3v) is 2.71. The summed E-state index contributed by atoms with van der Waals surface area (Å²) in [6.45, 7) is 6.86. The highest BCUT2D eigenvalue weighted by molar-refractivity contribution is 9.11. The lowest BCUT2D eigenvalue weighted by Crippen LogP contribution is -2.36. The van der Waals surface area contributed by atoms with Crippen molar-refractivity contribution in [1.29, 1.82) is 0 Å². The molecule has 0 fully saturated rings. The molecule has 0 radical (unpaired) electrons. The molecule has 0 aliphatic carbocycles. The monoisotopic (exact) mass is 265 g/mol. The summed E-state index contributed by atoms with van der Waals surface area (Å²) in [5, 5.41) is 0. The van der Waals surface area contributed by atoms with E-state index in [1.165, 1.54) is 16.9 Å². The fraction of sp³-hybridized carbons (Fsp3) is 0.250. The number of hydrogen-bond donors (Lipinski definition) is 1. The summed E-state index contributed by atoms with van der Waals surface area (Å²) < 4.78 is 3.25. The van der Waals surface area contributed by atoms with E-state index in [9.17, 15) is 0 Å². The quantitative estimate of drug-likeness (QED) is 0.824. The van der Waals surface area contributed by atoms with E-state index in [0.717, 1.165) is 17.4 Å². The number of nitrogens with one attached hydrogen (secondary N) is 1. The van der Waals surface area contributed by atoms with E-state index in [1.54, 1.807) is 0 Å². The molecule has 1 aromatic heterocycles. The molecule has 2 aromatic rings. The maximum Gasteiger partial charge on any atom is 0.255 e. The molecule has 3 heteroatoms. The van der Waals surface area contributed by atoms with Crippen molar-refractivity contribution in [3.8, 4) is 0 Å². The largest absolute Gasteiger partial charge is 0.255 e. The van der Waals surface area contributed by atoms with Crippen LogP contribution in [-0.2, 0) is 13.0 Å². The molecule has 1 N–H and O–H groups in total. The predicted octanol–water partition coefficient (Wildman–Crippen LogP) is 2.93. The van der Waals surface area contributed by atoms with Gasteiger partial charge in [-0.05, 0) is 12.1 Å². The van der Waals surface area contributed by atoms with Crippen LogP contribution in [0.4, 0.5) is 0 Å². The van der Waals surface area contributed by atoms with Crippen molar-refractivity contribution >= 4 is 27.0 Å². The van der Waals surface area contributed by atoms with Gasteiger partial charge in [0.25, 0.3) is 5.82 Å². The standard InChI is InChI=1S/C12H13BrN2/c1-3-12-14-10-6-4-5-7-11(10)15(12)8-9(2)13/h4-7H,2-3,8H2,1H3/p+1. The molecule has 0 amide bonds. The molecule has 2 nitrogen and oxygen atoms in total. The Morgan fingerprint density at radius 1 is 1.47 bits per heavy atom. The molecule has 0 atom stereocenters. The van der Waals surface area contributed by atoms with E-state index >= 15 is 0 Å². The molecule has 2 rings (SSSR count). The van der Waals surface area contributed by atoms with E-state index in [1.807, 2.05) is 6.07 Å². The highest BCUT2D eigenvalue weighted by atomic mass is 79.9. The van der Waals surface area contributed by atoms with Crippen LogP contribution in [0.5, 0.6) is 0 Å². The molecule has 0 saturated heterocycles. The number of fused-ring (bicyclic) bond motifs is 1. The number of rotatable bonds is 3. The van der Waals surface area contributed by atoms with Crippen LogP contribution in [0.15, 0.2) is 35.3 Å². The SMILES string of the molecule is C=C(Br)C[n+]1c(CC)[nH]c2ccccc21. The number of para-hydroxylation sites is 2. The first-order valence-corrected chi connectivity index (χ1v) is 5.84. The Hall–Kier alpha value is -1.09. The summed E-state index contributed by atoms with van der Waals surface area (Å²) in [6, 6.07) is 8.33. The molecule has 0 spiro atoms. The number of benzene rings is 1. The van der Waals surface area contributed by atoms with Crippen molar-refractivity contribution in [2.45, 2.75) is 19.9 Å². The second kappa shape index (κ2) is 4.19. The fourth-order valence-electron chi connectivity index (χ4n) is 1.81. The first-order chi connectivity index (χ1) is 7.22. The topological polar surface area (TPSA) is 19.7 Å². The molecule has 0 saturated carbocycles. The second-order valence-corrected chi connectivity index (χ2v) is 4.67. The Morgan fingerprint density at radius 2 is 2.20 bits per heavy atom. The van der Waals surface area contributed by atoms with Gasteiger partial charge in [0.05, 0.1) is 0 Å². The predicted molar refractivity (Wildman–Crippen MR) is 65.9 cm³/mol. The Bertz CT molecular complexity index is 499. The minimum absolute atomic E-state index is 0.813. The second-order valence-electron chi connectivity index (χ2n) is 3.55. The van der Waals surface area contributed by atoms with Gasteiger partial charge in [0, 0.05) is 10.9 Å². The first kappa shape index (κ1) is 10.4. The zero-order chi connectivity index (χ0) is 10.8. The van der Waals surface area contributed by atoms with Crippen LogP contribution < -0.4 is 4.57 Å². The number of nitrogens with zero attached hydrogens (tertiary/aromatic N) is 1. The van der Waals surface area contributed by atoms with Gasteiger partial charge in [0.15, 0.2) is 11.0 Å². The van der Waals surface area contributed by atoms with Crippen molar-refractivity contribution in [3.63, 3.8) is 0 Å². The number of aromatic amines is 1. The van der Waals surface area contributed by atoms with Crippen molar-refractivity contribution in [2.24, 2.45) is 0 Å². The van der Waals surface area contributed by atoms with Gasteiger partial charge < -0.3 is 0 Å². The number of hydrogen-bond acceptors (Lipinski definition) is 0. The van der Waals surface area contributed by atoms with Crippen molar-refractivity contribution in [3.05, 3.63) is 41.2 Å². The third-order valence-electron chi connectivity index (χ3n) is 2.46. The molecule has 1 aromatic carbocycles. The number of imidazole rings is 1. The Kier molecular flexibility index (Phi) is 2.91. The highest BCUT2D eigenvalue weighted by Crippen LogP contribution is 2.11. The summed E-state index contributed by atoms with van der Waals surface area (Å²) in [5.41, 5.74) is 2.41. The zero-order valence-corrected chi connectivity index (χ0v) is 10.3. The lowest BCUT2D eigenvalue weighted by Gasteiger charge is -1.98. The van der Waals surface area contributed by atoms with E-state index in [-0.39, 0.29) is 0 Å². The van der Waals surface area contributed by atoms with Crippen LogP contribution in [-0.4, -0.2) is 4.98 Å². The minimum Gasteiger partial charge on any atom is -0.241 e. The van der Waals surface area contributed by atoms with Gasteiger partial charge >= 0.3 is 0 Å². The van der Waals surface area contributed by atoms with Gasteiger partial charge in [-0.3, -0.25) is 0 Å². The fourth-order valence-corrected chi connectivity index (χ4v) is 2.07. The average Bonchev–Trinajstić information content (AvgIpc) is 2.56. The van der Waals surface area contributed by atoms with E-state index in [2.05, 4.69) is 57.2 Å². The molecule has 78 valence electrons. The Morgan fingerprint density at radius 3 is 2.87 bits per heavy atom. The van der Waals surface area contributed by atoms with Crippen molar-refractivity contribution in [1.82, 2.24) is 4.98 Å². The molecule has 1 heterocycles. The lowest BCUT2D eigenvalue weighted by atomic mass is 10.3. The van der Waals surface area contributed by atoms with Crippen LogP contribution in [0.3, 0.4) is 0 Å². The Labute approximate surface area is 97.8 Å².